The normalized spacial score (nSPS) is 35.8. The van der Waals surface area contributed by atoms with Gasteiger partial charge in [0.2, 0.25) is 0 Å². The molecule has 0 aromatic heterocycles. The zero-order chi connectivity index (χ0) is 19.4. The number of ether oxygens (including phenoxy) is 1. The molecule has 6 rings (SSSR count). The van der Waals surface area contributed by atoms with Crippen LogP contribution in [-0.2, 0) is 10.2 Å². The summed E-state index contributed by atoms with van der Waals surface area (Å²) in [6.45, 7) is 3.86. The minimum Gasteiger partial charge on any atom is -0.484 e. The molecule has 0 unspecified atom stereocenters. The summed E-state index contributed by atoms with van der Waals surface area (Å²) in [5.41, 5.74) is 1.95. The second-order valence-corrected chi connectivity index (χ2v) is 10.8. The number of carbonyl (C=O) groups excluding carboxylic acids is 1. The van der Waals surface area contributed by atoms with E-state index in [2.05, 4.69) is 38.4 Å². The van der Waals surface area contributed by atoms with Gasteiger partial charge in [0, 0.05) is 0 Å². The molecule has 1 aromatic carbocycles. The van der Waals surface area contributed by atoms with Crippen LogP contribution in [0, 0.1) is 17.8 Å². The van der Waals surface area contributed by atoms with E-state index in [1.54, 1.807) is 0 Å². The Balaban J connectivity index is 1.19. The largest absolute Gasteiger partial charge is 0.484 e. The van der Waals surface area contributed by atoms with Gasteiger partial charge in [0.25, 0.3) is 5.91 Å². The first-order valence-corrected chi connectivity index (χ1v) is 11.2. The molecule has 1 heterocycles. The average Bonchev–Trinajstić information content (AvgIpc) is 2.65. The third-order valence-corrected chi connectivity index (χ3v) is 8.17. The molecule has 5 fully saturated rings. The lowest BCUT2D eigenvalue weighted by atomic mass is 9.48. The lowest BCUT2D eigenvalue weighted by Crippen LogP contribution is -2.56. The number of benzene rings is 1. The lowest BCUT2D eigenvalue weighted by molar-refractivity contribution is -0.894. The minimum absolute atomic E-state index is 0.116. The van der Waals surface area contributed by atoms with Crippen molar-refractivity contribution in [1.82, 2.24) is 4.90 Å². The van der Waals surface area contributed by atoms with Gasteiger partial charge in [-0.1, -0.05) is 12.1 Å². The quantitative estimate of drug-likeness (QED) is 0.746. The number of carbonyl (C=O) groups is 1. The molecule has 4 saturated carbocycles. The Hall–Kier alpha value is -1.55. The van der Waals surface area contributed by atoms with Gasteiger partial charge in [0.05, 0.1) is 40.3 Å². The van der Waals surface area contributed by atoms with Gasteiger partial charge in [0.15, 0.2) is 6.61 Å². The molecular weight excluding hydrogens is 348 g/mol. The summed E-state index contributed by atoms with van der Waals surface area (Å²) in [5, 5.41) is 0. The molecule has 4 aliphatic carbocycles. The molecule has 0 radical (unpaired) electrons. The highest BCUT2D eigenvalue weighted by atomic mass is 16.5. The van der Waals surface area contributed by atoms with E-state index < -0.39 is 0 Å². The maximum atomic E-state index is 12.5. The fourth-order valence-electron chi connectivity index (χ4n) is 6.86. The number of quaternary nitrogens is 1. The monoisotopic (exact) mass is 383 g/mol. The number of likely N-dealkylation sites (N-methyl/N-ethyl adjacent to an activating group) is 1. The summed E-state index contributed by atoms with van der Waals surface area (Å²) in [7, 11) is 4.45. The average molecular weight is 384 g/mol. The summed E-state index contributed by atoms with van der Waals surface area (Å²) in [4.78, 5) is 14.4. The van der Waals surface area contributed by atoms with Crippen LogP contribution < -0.4 is 4.74 Å². The van der Waals surface area contributed by atoms with Gasteiger partial charge < -0.3 is 14.1 Å². The highest BCUT2D eigenvalue weighted by Crippen LogP contribution is 2.60. The van der Waals surface area contributed by atoms with Crippen LogP contribution in [0.3, 0.4) is 0 Å². The van der Waals surface area contributed by atoms with Crippen LogP contribution in [0.5, 0.6) is 5.75 Å². The minimum atomic E-state index is 0.116. The highest BCUT2D eigenvalue weighted by Gasteiger charge is 2.51. The van der Waals surface area contributed by atoms with E-state index in [0.29, 0.717) is 5.41 Å². The van der Waals surface area contributed by atoms with Crippen molar-refractivity contribution in [2.75, 3.05) is 46.9 Å². The van der Waals surface area contributed by atoms with Crippen molar-refractivity contribution in [2.24, 2.45) is 17.8 Å². The fourth-order valence-corrected chi connectivity index (χ4v) is 6.86. The van der Waals surface area contributed by atoms with Crippen molar-refractivity contribution < 1.29 is 14.0 Å². The van der Waals surface area contributed by atoms with Gasteiger partial charge in [0.1, 0.15) is 5.75 Å². The molecule has 4 bridgehead atoms. The molecule has 4 nitrogen and oxygen atoms in total. The smallest absolute Gasteiger partial charge is 0.260 e. The number of rotatable bonds is 4. The van der Waals surface area contributed by atoms with Crippen molar-refractivity contribution in [2.45, 2.75) is 43.9 Å². The first-order chi connectivity index (χ1) is 13.4. The van der Waals surface area contributed by atoms with E-state index in [0.717, 1.165) is 54.2 Å². The van der Waals surface area contributed by atoms with Crippen molar-refractivity contribution in [1.29, 1.82) is 0 Å². The molecule has 152 valence electrons. The van der Waals surface area contributed by atoms with Crippen LogP contribution in [0.4, 0.5) is 0 Å². The Morgan fingerprint density at radius 3 is 2.07 bits per heavy atom. The Morgan fingerprint density at radius 1 is 1.00 bits per heavy atom. The topological polar surface area (TPSA) is 29.5 Å². The predicted molar refractivity (Wildman–Crippen MR) is 110 cm³/mol. The number of hydrogen-bond acceptors (Lipinski definition) is 2. The third kappa shape index (κ3) is 3.45. The molecule has 0 N–H and O–H groups in total. The van der Waals surface area contributed by atoms with E-state index >= 15 is 0 Å². The molecule has 1 amide bonds. The van der Waals surface area contributed by atoms with Crippen molar-refractivity contribution in [3.05, 3.63) is 29.8 Å². The van der Waals surface area contributed by atoms with E-state index in [9.17, 15) is 4.79 Å². The van der Waals surface area contributed by atoms with E-state index in [1.165, 1.54) is 44.1 Å². The van der Waals surface area contributed by atoms with Gasteiger partial charge in [-0.25, -0.2) is 0 Å². The first-order valence-electron chi connectivity index (χ1n) is 11.2. The summed E-state index contributed by atoms with van der Waals surface area (Å²) >= 11 is 0. The second-order valence-electron chi connectivity index (χ2n) is 10.8. The van der Waals surface area contributed by atoms with Gasteiger partial charge >= 0.3 is 0 Å². The Labute approximate surface area is 169 Å². The van der Waals surface area contributed by atoms with Crippen LogP contribution in [0.2, 0.25) is 0 Å². The summed E-state index contributed by atoms with van der Waals surface area (Å²) < 4.78 is 6.85. The Kier molecular flexibility index (Phi) is 4.46. The molecule has 0 spiro atoms. The van der Waals surface area contributed by atoms with Gasteiger partial charge in [-0.15, -0.1) is 0 Å². The molecule has 1 saturated heterocycles. The molecule has 0 atom stereocenters. The van der Waals surface area contributed by atoms with Crippen LogP contribution in [-0.4, -0.2) is 62.2 Å². The third-order valence-electron chi connectivity index (χ3n) is 8.17. The van der Waals surface area contributed by atoms with Gasteiger partial charge in [-0.05, 0) is 79.4 Å². The van der Waals surface area contributed by atoms with E-state index in [4.69, 9.17) is 4.74 Å². The number of hydrogen-bond donors (Lipinski definition) is 0. The zero-order valence-electron chi connectivity index (χ0n) is 17.5. The molecule has 4 heteroatoms. The van der Waals surface area contributed by atoms with Crippen molar-refractivity contribution in [3.63, 3.8) is 0 Å². The number of piperazine rings is 1. The number of nitrogens with zero attached hydrogens (tertiary/aromatic N) is 2. The molecular formula is C24H35N2O2+. The van der Waals surface area contributed by atoms with Crippen molar-refractivity contribution in [3.8, 4) is 5.75 Å². The van der Waals surface area contributed by atoms with Crippen LogP contribution >= 0.6 is 0 Å². The van der Waals surface area contributed by atoms with Crippen molar-refractivity contribution >= 4 is 5.91 Å². The summed E-state index contributed by atoms with van der Waals surface area (Å²) in [5.74, 6) is 3.84. The maximum Gasteiger partial charge on any atom is 0.260 e. The van der Waals surface area contributed by atoms with Crippen LogP contribution in [0.1, 0.15) is 44.1 Å². The molecule has 1 aliphatic heterocycles. The molecule has 28 heavy (non-hydrogen) atoms. The van der Waals surface area contributed by atoms with Crippen LogP contribution in [0.15, 0.2) is 24.3 Å². The first kappa shape index (κ1) is 18.5. The number of amides is 1. The Bertz CT molecular complexity index is 694. The van der Waals surface area contributed by atoms with E-state index in [-0.39, 0.29) is 12.5 Å². The molecule has 1 aromatic rings. The fraction of sp³-hybridized carbons (Fsp3) is 0.708. The predicted octanol–water partition coefficient (Wildman–Crippen LogP) is 3.45. The zero-order valence-corrected chi connectivity index (χ0v) is 17.5. The standard InChI is InChI=1S/C24H35N2O2/c1-26(2)9-7-25(8-10-26)23(27)17-28-22-5-3-21(4-6-22)24-14-18-11-19(15-24)13-20(12-18)16-24/h3-6,18-20H,7-17H2,1-2H3/q+1. The summed E-state index contributed by atoms with van der Waals surface area (Å²) in [6, 6.07) is 8.76. The SMILES string of the molecule is C[N+]1(C)CCN(C(=O)COc2ccc(C34CC5CC(CC(C5)C3)C4)cc2)CC1. The Morgan fingerprint density at radius 2 is 1.54 bits per heavy atom. The van der Waals surface area contributed by atoms with Crippen LogP contribution in [0.25, 0.3) is 0 Å². The van der Waals surface area contributed by atoms with Gasteiger partial charge in [-0.3, -0.25) is 4.79 Å². The highest BCUT2D eigenvalue weighted by molar-refractivity contribution is 5.77. The molecule has 5 aliphatic rings. The van der Waals surface area contributed by atoms with E-state index in [1.807, 2.05) is 4.90 Å². The second kappa shape index (κ2) is 6.76. The lowest BCUT2D eigenvalue weighted by Gasteiger charge is -2.57. The van der Waals surface area contributed by atoms with Gasteiger partial charge in [-0.2, -0.15) is 0 Å². The summed E-state index contributed by atoms with van der Waals surface area (Å²) in [6.07, 6.45) is 8.61. The maximum absolute atomic E-state index is 12.5.